The van der Waals surface area contributed by atoms with Gasteiger partial charge >= 0.3 is 0 Å². The first kappa shape index (κ1) is 15.0. The molecule has 3 aromatic rings. The predicted octanol–water partition coefficient (Wildman–Crippen LogP) is 2.81. The Kier molecular flexibility index (Phi) is 3.86. The Labute approximate surface area is 142 Å². The van der Waals surface area contributed by atoms with E-state index in [4.69, 9.17) is 0 Å². The summed E-state index contributed by atoms with van der Waals surface area (Å²) < 4.78 is 14.9. The molecule has 1 amide bonds. The highest BCUT2D eigenvalue weighted by atomic mass is 32.1. The van der Waals surface area contributed by atoms with Crippen LogP contribution in [0.2, 0.25) is 0 Å². The van der Waals surface area contributed by atoms with Crippen LogP contribution in [-0.2, 0) is 6.54 Å². The van der Waals surface area contributed by atoms with Gasteiger partial charge in [-0.05, 0) is 35.6 Å². The predicted molar refractivity (Wildman–Crippen MR) is 88.5 cm³/mol. The van der Waals surface area contributed by atoms with Gasteiger partial charge in [-0.1, -0.05) is 23.4 Å². The number of hydrogen-bond acceptors (Lipinski definition) is 4. The van der Waals surface area contributed by atoms with E-state index in [0.717, 1.165) is 16.9 Å². The van der Waals surface area contributed by atoms with Gasteiger partial charge in [0.15, 0.2) is 5.69 Å². The van der Waals surface area contributed by atoms with Crippen LogP contribution in [-0.4, -0.2) is 26.9 Å². The fourth-order valence-electron chi connectivity index (χ4n) is 2.74. The Balaban J connectivity index is 1.36. The highest BCUT2D eigenvalue weighted by Crippen LogP contribution is 2.40. The van der Waals surface area contributed by atoms with Gasteiger partial charge in [0, 0.05) is 16.8 Å². The second kappa shape index (κ2) is 6.16. The molecular formula is C17H15FN4OS. The van der Waals surface area contributed by atoms with Crippen LogP contribution in [0.1, 0.15) is 33.3 Å². The van der Waals surface area contributed by atoms with E-state index in [9.17, 15) is 9.18 Å². The van der Waals surface area contributed by atoms with E-state index < -0.39 is 0 Å². The summed E-state index contributed by atoms with van der Waals surface area (Å²) in [6.45, 7) is 0.604. The summed E-state index contributed by atoms with van der Waals surface area (Å²) in [7, 11) is 0. The van der Waals surface area contributed by atoms with E-state index in [2.05, 4.69) is 15.6 Å². The molecular weight excluding hydrogens is 327 g/mol. The standard InChI is InChI=1S/C17H15FN4OS/c18-12-4-1-3-11(7-12)14-8-15(14)19-17(23)16-10-22(21-20-16)9-13-5-2-6-24-13/h1-7,10,14-15H,8-9H2,(H,19,23)/t14-,15+/m0/s1. The van der Waals surface area contributed by atoms with E-state index >= 15 is 0 Å². The molecule has 2 heterocycles. The molecule has 0 unspecified atom stereocenters. The van der Waals surface area contributed by atoms with Crippen molar-refractivity contribution in [2.24, 2.45) is 0 Å². The van der Waals surface area contributed by atoms with Gasteiger partial charge in [-0.3, -0.25) is 4.79 Å². The van der Waals surface area contributed by atoms with Crippen molar-refractivity contribution in [2.45, 2.75) is 24.9 Å². The van der Waals surface area contributed by atoms with E-state index in [1.807, 2.05) is 23.6 Å². The SMILES string of the molecule is O=C(N[C@@H]1C[C@H]1c1cccc(F)c1)c1cn(Cc2cccs2)nn1. The van der Waals surface area contributed by atoms with Crippen LogP contribution >= 0.6 is 11.3 Å². The van der Waals surface area contributed by atoms with Crippen LogP contribution in [0.25, 0.3) is 0 Å². The van der Waals surface area contributed by atoms with Crippen molar-refractivity contribution in [3.05, 3.63) is 69.9 Å². The van der Waals surface area contributed by atoms with Crippen LogP contribution < -0.4 is 5.32 Å². The van der Waals surface area contributed by atoms with Gasteiger partial charge in [0.05, 0.1) is 12.7 Å². The van der Waals surface area contributed by atoms with Gasteiger partial charge in [0.2, 0.25) is 0 Å². The molecule has 0 aliphatic heterocycles. The number of aromatic nitrogens is 3. The van der Waals surface area contributed by atoms with Crippen molar-refractivity contribution in [3.8, 4) is 0 Å². The Morgan fingerprint density at radius 3 is 3.08 bits per heavy atom. The second-order valence-corrected chi connectivity index (χ2v) is 6.89. The number of carbonyl (C=O) groups is 1. The van der Waals surface area contributed by atoms with E-state index in [-0.39, 0.29) is 23.7 Å². The molecule has 4 rings (SSSR count). The molecule has 1 aliphatic carbocycles. The highest BCUT2D eigenvalue weighted by Gasteiger charge is 2.40. The Bertz CT molecular complexity index is 861. The quantitative estimate of drug-likeness (QED) is 0.776. The highest BCUT2D eigenvalue weighted by molar-refractivity contribution is 7.09. The smallest absolute Gasteiger partial charge is 0.273 e. The summed E-state index contributed by atoms with van der Waals surface area (Å²) in [6, 6.07) is 10.5. The largest absolute Gasteiger partial charge is 0.347 e. The number of nitrogens with one attached hydrogen (secondary N) is 1. The van der Waals surface area contributed by atoms with E-state index in [1.54, 1.807) is 28.3 Å². The monoisotopic (exact) mass is 342 g/mol. The second-order valence-electron chi connectivity index (χ2n) is 5.86. The summed E-state index contributed by atoms with van der Waals surface area (Å²) in [5, 5.41) is 12.9. The average molecular weight is 342 g/mol. The molecule has 0 radical (unpaired) electrons. The molecule has 1 aliphatic rings. The van der Waals surface area contributed by atoms with Gasteiger partial charge in [0.25, 0.3) is 5.91 Å². The van der Waals surface area contributed by atoms with Gasteiger partial charge < -0.3 is 5.32 Å². The molecule has 1 fully saturated rings. The van der Waals surface area contributed by atoms with Crippen LogP contribution in [0.3, 0.4) is 0 Å². The maximum Gasteiger partial charge on any atom is 0.273 e. The summed E-state index contributed by atoms with van der Waals surface area (Å²) in [5.41, 5.74) is 1.22. The van der Waals surface area contributed by atoms with Gasteiger partial charge in [-0.15, -0.1) is 16.4 Å². The molecule has 0 bridgehead atoms. The van der Waals surface area contributed by atoms with E-state index in [0.29, 0.717) is 12.2 Å². The molecule has 0 spiro atoms. The van der Waals surface area contributed by atoms with Crippen molar-refractivity contribution in [1.82, 2.24) is 20.3 Å². The molecule has 24 heavy (non-hydrogen) atoms. The molecule has 122 valence electrons. The van der Waals surface area contributed by atoms with Crippen molar-refractivity contribution >= 4 is 17.2 Å². The molecule has 1 saturated carbocycles. The zero-order valence-electron chi connectivity index (χ0n) is 12.7. The molecule has 2 atom stereocenters. The van der Waals surface area contributed by atoms with Gasteiger partial charge in [-0.25, -0.2) is 9.07 Å². The lowest BCUT2D eigenvalue weighted by Crippen LogP contribution is -2.26. The molecule has 1 aromatic carbocycles. The number of benzene rings is 1. The molecule has 2 aromatic heterocycles. The topological polar surface area (TPSA) is 59.8 Å². The fraction of sp³-hybridized carbons (Fsp3) is 0.235. The lowest BCUT2D eigenvalue weighted by molar-refractivity contribution is 0.0945. The minimum atomic E-state index is -0.249. The van der Waals surface area contributed by atoms with Crippen LogP contribution in [0, 0.1) is 5.82 Å². The van der Waals surface area contributed by atoms with Crippen LogP contribution in [0.5, 0.6) is 0 Å². The summed E-state index contributed by atoms with van der Waals surface area (Å²) >= 11 is 1.64. The number of hydrogen-bond donors (Lipinski definition) is 1. The molecule has 7 heteroatoms. The Morgan fingerprint density at radius 1 is 1.38 bits per heavy atom. The maximum absolute atomic E-state index is 13.3. The number of amides is 1. The Hall–Kier alpha value is -2.54. The van der Waals surface area contributed by atoms with Crippen molar-refractivity contribution in [2.75, 3.05) is 0 Å². The van der Waals surface area contributed by atoms with Gasteiger partial charge in [-0.2, -0.15) is 0 Å². The summed E-state index contributed by atoms with van der Waals surface area (Å²) in [6.07, 6.45) is 2.47. The number of carbonyl (C=O) groups excluding carboxylic acids is 1. The first-order chi connectivity index (χ1) is 11.7. The first-order valence-corrected chi connectivity index (χ1v) is 8.56. The normalized spacial score (nSPS) is 19.2. The Morgan fingerprint density at radius 2 is 2.29 bits per heavy atom. The zero-order valence-corrected chi connectivity index (χ0v) is 13.5. The fourth-order valence-corrected chi connectivity index (χ4v) is 3.44. The number of nitrogens with zero attached hydrogens (tertiary/aromatic N) is 3. The maximum atomic E-state index is 13.3. The van der Waals surface area contributed by atoms with Gasteiger partial charge in [0.1, 0.15) is 5.82 Å². The third-order valence-corrected chi connectivity index (χ3v) is 4.91. The summed E-state index contributed by atoms with van der Waals surface area (Å²) in [5.74, 6) is -0.317. The number of thiophene rings is 1. The lowest BCUT2D eigenvalue weighted by atomic mass is 10.1. The van der Waals surface area contributed by atoms with Crippen molar-refractivity contribution in [1.29, 1.82) is 0 Å². The minimum absolute atomic E-state index is 0.0294. The third-order valence-electron chi connectivity index (χ3n) is 4.05. The minimum Gasteiger partial charge on any atom is -0.347 e. The van der Waals surface area contributed by atoms with Crippen LogP contribution in [0.4, 0.5) is 4.39 Å². The average Bonchev–Trinajstić information content (AvgIpc) is 2.98. The number of halogens is 1. The molecule has 5 nitrogen and oxygen atoms in total. The molecule has 1 N–H and O–H groups in total. The van der Waals surface area contributed by atoms with Crippen molar-refractivity contribution < 1.29 is 9.18 Å². The summed E-state index contributed by atoms with van der Waals surface area (Å²) in [4.78, 5) is 13.4. The van der Waals surface area contributed by atoms with E-state index in [1.165, 1.54) is 12.1 Å². The molecule has 0 saturated heterocycles. The zero-order chi connectivity index (χ0) is 16.5. The van der Waals surface area contributed by atoms with Crippen LogP contribution in [0.15, 0.2) is 48.0 Å². The number of rotatable bonds is 5. The lowest BCUT2D eigenvalue weighted by Gasteiger charge is -2.02. The third kappa shape index (κ3) is 3.21. The first-order valence-electron chi connectivity index (χ1n) is 7.68. The van der Waals surface area contributed by atoms with Crippen molar-refractivity contribution in [3.63, 3.8) is 0 Å².